The number of benzene rings is 1. The minimum Gasteiger partial charge on any atom is -0.379 e. The molecule has 3 aromatic rings. The van der Waals surface area contributed by atoms with E-state index in [2.05, 4.69) is 20.2 Å². The number of aromatic nitrogens is 2. The van der Waals surface area contributed by atoms with E-state index in [-0.39, 0.29) is 11.5 Å². The van der Waals surface area contributed by atoms with Crippen LogP contribution in [0.4, 0.5) is 0 Å². The van der Waals surface area contributed by atoms with Crippen LogP contribution in [0.15, 0.2) is 47.4 Å². The van der Waals surface area contributed by atoms with E-state index in [9.17, 15) is 9.59 Å². The van der Waals surface area contributed by atoms with Gasteiger partial charge in [-0.15, -0.1) is 0 Å². The summed E-state index contributed by atoms with van der Waals surface area (Å²) in [5.41, 5.74) is 2.67. The fraction of sp³-hybridized carbons (Fsp3) is 0.333. The van der Waals surface area contributed by atoms with E-state index in [4.69, 9.17) is 4.74 Å². The number of nitrogens with one attached hydrogen (secondary N) is 3. The van der Waals surface area contributed by atoms with Crippen molar-refractivity contribution in [1.82, 2.24) is 20.2 Å². The van der Waals surface area contributed by atoms with Gasteiger partial charge in [-0.05, 0) is 49.4 Å². The Labute approximate surface area is 162 Å². The first kappa shape index (κ1) is 18.5. The summed E-state index contributed by atoms with van der Waals surface area (Å²) in [5.74, 6) is -0.0795. The highest BCUT2D eigenvalue weighted by atomic mass is 16.5. The van der Waals surface area contributed by atoms with E-state index >= 15 is 0 Å². The van der Waals surface area contributed by atoms with Crippen molar-refractivity contribution < 1.29 is 9.53 Å². The number of carbonyl (C=O) groups excluding carboxylic acids is 1. The van der Waals surface area contributed by atoms with E-state index < -0.39 is 0 Å². The van der Waals surface area contributed by atoms with Crippen LogP contribution in [0.5, 0.6) is 0 Å². The first-order chi connectivity index (χ1) is 13.7. The number of ether oxygens (including phenoxy) is 1. The Bertz CT molecular complexity index is 1020. The van der Waals surface area contributed by atoms with Crippen LogP contribution in [0.2, 0.25) is 0 Å². The Balaban J connectivity index is 1.39. The third-order valence-corrected chi connectivity index (χ3v) is 5.03. The van der Waals surface area contributed by atoms with Crippen molar-refractivity contribution in [3.8, 4) is 11.3 Å². The molecule has 1 amide bonds. The molecule has 3 N–H and O–H groups in total. The summed E-state index contributed by atoms with van der Waals surface area (Å²) in [6, 6.07) is 11.0. The van der Waals surface area contributed by atoms with Gasteiger partial charge in [-0.25, -0.2) is 0 Å². The molecule has 0 saturated carbocycles. The van der Waals surface area contributed by atoms with Gasteiger partial charge in [0.25, 0.3) is 11.5 Å². The van der Waals surface area contributed by atoms with E-state index in [0.717, 1.165) is 55.9 Å². The van der Waals surface area contributed by atoms with Gasteiger partial charge in [0.15, 0.2) is 0 Å². The predicted octanol–water partition coefficient (Wildman–Crippen LogP) is 1.98. The number of morpholine rings is 1. The molecule has 28 heavy (non-hydrogen) atoms. The standard InChI is InChI=1S/C21H24N4O3/c26-20(22-7-2-8-25-9-11-28-12-10-25)15-4-5-18-16(13-15)14-19(24-18)17-3-1-6-23-21(17)27/h1,3-6,13-14,24H,2,7-12H2,(H,22,26)(H,23,27). The van der Waals surface area contributed by atoms with Crippen LogP contribution in [0, 0.1) is 0 Å². The maximum absolute atomic E-state index is 12.5. The molecule has 1 aliphatic heterocycles. The molecule has 0 spiro atoms. The minimum atomic E-state index is -0.146. The van der Waals surface area contributed by atoms with Gasteiger partial charge >= 0.3 is 0 Å². The summed E-state index contributed by atoms with van der Waals surface area (Å²) >= 11 is 0. The van der Waals surface area contributed by atoms with Crippen LogP contribution < -0.4 is 10.9 Å². The topological polar surface area (TPSA) is 90.2 Å². The fourth-order valence-electron chi connectivity index (χ4n) is 3.48. The van der Waals surface area contributed by atoms with Crippen LogP contribution in [0.3, 0.4) is 0 Å². The second-order valence-electron chi connectivity index (χ2n) is 6.96. The molecule has 1 fully saturated rings. The number of hydrogen-bond acceptors (Lipinski definition) is 4. The molecule has 2 aromatic heterocycles. The van der Waals surface area contributed by atoms with Crippen molar-refractivity contribution in [3.63, 3.8) is 0 Å². The summed E-state index contributed by atoms with van der Waals surface area (Å²) in [7, 11) is 0. The lowest BCUT2D eigenvalue weighted by atomic mass is 10.1. The third kappa shape index (κ3) is 4.16. The average Bonchev–Trinajstić information content (AvgIpc) is 3.15. The van der Waals surface area contributed by atoms with E-state index in [1.807, 2.05) is 18.2 Å². The normalized spacial score (nSPS) is 15.0. The molecule has 0 bridgehead atoms. The van der Waals surface area contributed by atoms with Gasteiger partial charge in [0, 0.05) is 42.3 Å². The highest BCUT2D eigenvalue weighted by Gasteiger charge is 2.12. The maximum Gasteiger partial charge on any atom is 0.257 e. The van der Waals surface area contributed by atoms with Gasteiger partial charge in [-0.3, -0.25) is 14.5 Å². The van der Waals surface area contributed by atoms with Gasteiger partial charge in [-0.1, -0.05) is 0 Å². The maximum atomic E-state index is 12.5. The largest absolute Gasteiger partial charge is 0.379 e. The van der Waals surface area contributed by atoms with Crippen LogP contribution in [-0.4, -0.2) is 60.2 Å². The number of carbonyl (C=O) groups is 1. The summed E-state index contributed by atoms with van der Waals surface area (Å²) in [6.07, 6.45) is 2.52. The van der Waals surface area contributed by atoms with Crippen LogP contribution in [-0.2, 0) is 4.74 Å². The van der Waals surface area contributed by atoms with Crippen LogP contribution >= 0.6 is 0 Å². The zero-order valence-corrected chi connectivity index (χ0v) is 15.7. The van der Waals surface area contributed by atoms with E-state index in [0.29, 0.717) is 17.7 Å². The molecule has 7 nitrogen and oxygen atoms in total. The van der Waals surface area contributed by atoms with E-state index in [1.165, 1.54) is 0 Å². The molecule has 0 aliphatic carbocycles. The third-order valence-electron chi connectivity index (χ3n) is 5.03. The molecule has 7 heteroatoms. The second-order valence-corrected chi connectivity index (χ2v) is 6.96. The van der Waals surface area contributed by atoms with Crippen molar-refractivity contribution in [1.29, 1.82) is 0 Å². The number of amides is 1. The van der Waals surface area contributed by atoms with Crippen molar-refractivity contribution >= 4 is 16.8 Å². The first-order valence-corrected chi connectivity index (χ1v) is 9.60. The van der Waals surface area contributed by atoms with Crippen molar-refractivity contribution in [2.75, 3.05) is 39.4 Å². The minimum absolute atomic E-state index is 0.0795. The molecule has 3 heterocycles. The van der Waals surface area contributed by atoms with E-state index in [1.54, 1.807) is 24.4 Å². The van der Waals surface area contributed by atoms with Crippen molar-refractivity contribution in [2.24, 2.45) is 0 Å². The summed E-state index contributed by atoms with van der Waals surface area (Å²) in [5, 5.41) is 3.89. The lowest BCUT2D eigenvalue weighted by Gasteiger charge is -2.26. The van der Waals surface area contributed by atoms with Gasteiger partial charge in [0.1, 0.15) is 0 Å². The average molecular weight is 380 g/mol. The summed E-state index contributed by atoms with van der Waals surface area (Å²) in [4.78, 5) is 32.7. The van der Waals surface area contributed by atoms with Crippen LogP contribution in [0.1, 0.15) is 16.8 Å². The summed E-state index contributed by atoms with van der Waals surface area (Å²) < 4.78 is 5.34. The zero-order valence-electron chi connectivity index (χ0n) is 15.7. The molecule has 1 aromatic carbocycles. The molecule has 0 unspecified atom stereocenters. The molecular weight excluding hydrogens is 356 g/mol. The van der Waals surface area contributed by atoms with Gasteiger partial charge in [0.05, 0.1) is 24.5 Å². The van der Waals surface area contributed by atoms with Crippen LogP contribution in [0.25, 0.3) is 22.2 Å². The lowest BCUT2D eigenvalue weighted by Crippen LogP contribution is -2.38. The molecule has 1 saturated heterocycles. The highest BCUT2D eigenvalue weighted by molar-refractivity contribution is 5.99. The Morgan fingerprint density at radius 1 is 1.18 bits per heavy atom. The quantitative estimate of drug-likeness (QED) is 0.571. The Morgan fingerprint density at radius 3 is 2.86 bits per heavy atom. The number of fused-ring (bicyclic) bond motifs is 1. The Kier molecular flexibility index (Phi) is 5.55. The molecule has 0 radical (unpaired) electrons. The fourth-order valence-corrected chi connectivity index (χ4v) is 3.48. The molecule has 4 rings (SSSR count). The van der Waals surface area contributed by atoms with Crippen molar-refractivity contribution in [3.05, 3.63) is 58.5 Å². The Morgan fingerprint density at radius 2 is 2.04 bits per heavy atom. The molecule has 146 valence electrons. The number of aromatic amines is 2. The summed E-state index contributed by atoms with van der Waals surface area (Å²) in [6.45, 7) is 5.12. The lowest BCUT2D eigenvalue weighted by molar-refractivity contribution is 0.0374. The number of rotatable bonds is 6. The monoisotopic (exact) mass is 380 g/mol. The second kappa shape index (κ2) is 8.41. The Hall–Kier alpha value is -2.90. The smallest absolute Gasteiger partial charge is 0.257 e. The van der Waals surface area contributed by atoms with Gasteiger partial charge in [0.2, 0.25) is 0 Å². The zero-order chi connectivity index (χ0) is 19.3. The molecular formula is C21H24N4O3. The van der Waals surface area contributed by atoms with Crippen molar-refractivity contribution in [2.45, 2.75) is 6.42 Å². The number of H-pyrrole nitrogens is 2. The molecule has 0 atom stereocenters. The molecule has 1 aliphatic rings. The highest BCUT2D eigenvalue weighted by Crippen LogP contribution is 2.22. The van der Waals surface area contributed by atoms with Gasteiger partial charge < -0.3 is 20.0 Å². The first-order valence-electron chi connectivity index (χ1n) is 9.60. The van der Waals surface area contributed by atoms with Gasteiger partial charge in [-0.2, -0.15) is 0 Å². The number of hydrogen-bond donors (Lipinski definition) is 3. The SMILES string of the molecule is O=C(NCCCN1CCOCC1)c1ccc2[nH]c(-c3ccc[nH]c3=O)cc2c1. The number of pyridine rings is 1. The predicted molar refractivity (Wildman–Crippen MR) is 109 cm³/mol. The number of nitrogens with zero attached hydrogens (tertiary/aromatic N) is 1.